The predicted octanol–water partition coefficient (Wildman–Crippen LogP) is 1.16. The molecule has 0 aliphatic rings. The van der Waals surface area contributed by atoms with Crippen molar-refractivity contribution in [1.29, 1.82) is 0 Å². The van der Waals surface area contributed by atoms with Crippen molar-refractivity contribution in [2.24, 2.45) is 11.8 Å². The summed E-state index contributed by atoms with van der Waals surface area (Å²) in [5.41, 5.74) is 1.99. The van der Waals surface area contributed by atoms with Crippen molar-refractivity contribution >= 4 is 33.2 Å². The molecule has 1 rings (SSSR count). The Balaban J connectivity index is 3.05. The summed E-state index contributed by atoms with van der Waals surface area (Å²) in [5.74, 6) is 6.09. The van der Waals surface area contributed by atoms with E-state index >= 15 is 0 Å². The van der Waals surface area contributed by atoms with E-state index in [1.807, 2.05) is 13.2 Å². The molecule has 0 aliphatic carbocycles. The molecule has 10 heteroatoms. The van der Waals surface area contributed by atoms with Gasteiger partial charge in [-0.15, -0.1) is 0 Å². The molecule has 0 bridgehead atoms. The molecule has 21 heavy (non-hydrogen) atoms. The molecule has 118 valence electrons. The second-order valence-electron chi connectivity index (χ2n) is 4.50. The summed E-state index contributed by atoms with van der Waals surface area (Å²) in [6.45, 7) is 2.12. The van der Waals surface area contributed by atoms with Gasteiger partial charge in [0.15, 0.2) is 4.90 Å². The number of nitrogens with zero attached hydrogens (tertiary/aromatic N) is 1. The summed E-state index contributed by atoms with van der Waals surface area (Å²) < 4.78 is 26.8. The summed E-state index contributed by atoms with van der Waals surface area (Å²) in [6.07, 6.45) is 1.92. The minimum Gasteiger partial charge on any atom is -0.324 e. The number of nitrogens with one attached hydrogen (secondary N) is 2. The number of nitrogen functional groups attached to an aromatic ring is 1. The quantitative estimate of drug-likeness (QED) is 0.370. The van der Waals surface area contributed by atoms with Crippen LogP contribution in [-0.4, -0.2) is 31.9 Å². The molecule has 0 fully saturated rings. The Labute approximate surface area is 127 Å². The van der Waals surface area contributed by atoms with Gasteiger partial charge >= 0.3 is 0 Å². The summed E-state index contributed by atoms with van der Waals surface area (Å²) in [4.78, 5) is 9.90. The van der Waals surface area contributed by atoms with Gasteiger partial charge in [-0.3, -0.25) is 16.0 Å². The Bertz CT molecular complexity index is 606. The van der Waals surface area contributed by atoms with Crippen LogP contribution in [0, 0.1) is 16.0 Å². The highest BCUT2D eigenvalue weighted by Crippen LogP contribution is 2.26. The van der Waals surface area contributed by atoms with Crippen LogP contribution >= 0.6 is 11.8 Å². The number of thioether (sulfide) groups is 1. The molecule has 4 N–H and O–H groups in total. The molecule has 0 aromatic heterocycles. The molecular weight excluding hydrogens is 316 g/mol. The van der Waals surface area contributed by atoms with E-state index in [0.717, 1.165) is 17.9 Å². The van der Waals surface area contributed by atoms with Gasteiger partial charge in [0.1, 0.15) is 0 Å². The average Bonchev–Trinajstić information content (AvgIpc) is 2.45. The van der Waals surface area contributed by atoms with E-state index in [2.05, 4.69) is 10.1 Å². The van der Waals surface area contributed by atoms with Gasteiger partial charge in [0.25, 0.3) is 5.69 Å². The molecule has 0 spiro atoms. The van der Waals surface area contributed by atoms with Crippen LogP contribution in [-0.2, 0) is 10.0 Å². The monoisotopic (exact) mass is 334 g/mol. The van der Waals surface area contributed by atoms with E-state index in [0.29, 0.717) is 0 Å². The van der Waals surface area contributed by atoms with Gasteiger partial charge in [0.2, 0.25) is 10.0 Å². The maximum absolute atomic E-state index is 12.2. The number of nitrogens with two attached hydrogens (primary N) is 1. The molecule has 0 radical (unpaired) electrons. The first-order valence-electron chi connectivity index (χ1n) is 6.05. The van der Waals surface area contributed by atoms with Crippen molar-refractivity contribution in [3.63, 3.8) is 0 Å². The summed E-state index contributed by atoms with van der Waals surface area (Å²) >= 11 is 1.60. The normalized spacial score (nSPS) is 12.9. The van der Waals surface area contributed by atoms with Crippen LogP contribution in [0.4, 0.5) is 11.4 Å². The third-order valence-electron chi connectivity index (χ3n) is 2.68. The summed E-state index contributed by atoms with van der Waals surface area (Å²) in [6, 6.07) is 3.61. The fourth-order valence-corrected chi connectivity index (χ4v) is 3.65. The highest BCUT2D eigenvalue weighted by Gasteiger charge is 2.26. The molecule has 1 aromatic rings. The van der Waals surface area contributed by atoms with E-state index in [1.165, 1.54) is 6.07 Å². The van der Waals surface area contributed by atoms with Gasteiger partial charge in [-0.2, -0.15) is 11.8 Å². The number of sulfonamides is 1. The van der Waals surface area contributed by atoms with Crippen LogP contribution in [0.25, 0.3) is 0 Å². The zero-order valence-electron chi connectivity index (χ0n) is 11.7. The number of anilines is 1. The van der Waals surface area contributed by atoms with Crippen molar-refractivity contribution < 1.29 is 13.3 Å². The number of hydrazine groups is 1. The second kappa shape index (κ2) is 7.59. The summed E-state index contributed by atoms with van der Waals surface area (Å²) in [5, 5.41) is 11.0. The van der Waals surface area contributed by atoms with E-state index in [9.17, 15) is 18.5 Å². The van der Waals surface area contributed by atoms with E-state index in [4.69, 9.17) is 5.84 Å². The first kappa shape index (κ1) is 17.7. The lowest BCUT2D eigenvalue weighted by Gasteiger charge is -2.12. The molecule has 0 aliphatic heterocycles. The Kier molecular flexibility index (Phi) is 6.40. The van der Waals surface area contributed by atoms with Gasteiger partial charge in [-0.05, 0) is 30.1 Å². The number of rotatable bonds is 8. The van der Waals surface area contributed by atoms with Crippen molar-refractivity contribution in [3.8, 4) is 0 Å². The Morgan fingerprint density at radius 1 is 1.48 bits per heavy atom. The molecule has 0 amide bonds. The first-order valence-corrected chi connectivity index (χ1v) is 8.93. The number of hydrogen-bond donors (Lipinski definition) is 3. The minimum absolute atomic E-state index is 0.124. The number of nitro benzene ring substituents is 1. The Morgan fingerprint density at radius 2 is 2.14 bits per heavy atom. The van der Waals surface area contributed by atoms with Gasteiger partial charge in [-0.25, -0.2) is 13.1 Å². The predicted molar refractivity (Wildman–Crippen MR) is 83.6 cm³/mol. The van der Waals surface area contributed by atoms with Crippen molar-refractivity contribution in [3.05, 3.63) is 28.3 Å². The average molecular weight is 334 g/mol. The zero-order chi connectivity index (χ0) is 16.0. The standard InChI is InChI=1S/C11H18N4O4S2/c1-8(7-20-2)6-13-21(18,19)11-4-3-9(14-12)5-10(11)15(16)17/h3-5,8,13-14H,6-7,12H2,1-2H3. The van der Waals surface area contributed by atoms with Crippen molar-refractivity contribution in [2.45, 2.75) is 11.8 Å². The summed E-state index contributed by atoms with van der Waals surface area (Å²) in [7, 11) is -3.94. The van der Waals surface area contributed by atoms with Crippen molar-refractivity contribution in [2.75, 3.05) is 24.0 Å². The van der Waals surface area contributed by atoms with Gasteiger partial charge in [0.05, 0.1) is 10.6 Å². The number of nitro groups is 1. The zero-order valence-corrected chi connectivity index (χ0v) is 13.3. The second-order valence-corrected chi connectivity index (χ2v) is 7.14. The maximum Gasteiger partial charge on any atom is 0.291 e. The number of benzene rings is 1. The lowest BCUT2D eigenvalue weighted by molar-refractivity contribution is -0.387. The first-order chi connectivity index (χ1) is 9.81. The van der Waals surface area contributed by atoms with Crippen LogP contribution in [0.5, 0.6) is 0 Å². The van der Waals surface area contributed by atoms with Crippen LogP contribution < -0.4 is 16.0 Å². The molecule has 1 atom stereocenters. The molecule has 1 unspecified atom stereocenters. The lowest BCUT2D eigenvalue weighted by Crippen LogP contribution is -2.29. The SMILES string of the molecule is CSCC(C)CNS(=O)(=O)c1ccc(NN)cc1[N+](=O)[O-]. The third-order valence-corrected chi connectivity index (χ3v) is 5.06. The van der Waals surface area contributed by atoms with Crippen LogP contribution in [0.2, 0.25) is 0 Å². The van der Waals surface area contributed by atoms with E-state index in [1.54, 1.807) is 11.8 Å². The molecule has 0 saturated carbocycles. The molecule has 0 heterocycles. The van der Waals surface area contributed by atoms with Gasteiger partial charge < -0.3 is 5.43 Å². The number of hydrogen-bond acceptors (Lipinski definition) is 7. The van der Waals surface area contributed by atoms with Crippen LogP contribution in [0.15, 0.2) is 23.1 Å². The van der Waals surface area contributed by atoms with Gasteiger partial charge in [0, 0.05) is 12.6 Å². The topological polar surface area (TPSA) is 127 Å². The Hall–Kier alpha value is -1.36. The highest BCUT2D eigenvalue weighted by molar-refractivity contribution is 7.98. The third kappa shape index (κ3) is 4.84. The minimum atomic E-state index is -3.94. The molecule has 8 nitrogen and oxygen atoms in total. The van der Waals surface area contributed by atoms with Crippen LogP contribution in [0.1, 0.15) is 6.92 Å². The fourth-order valence-electron chi connectivity index (χ4n) is 1.65. The fraction of sp³-hybridized carbons (Fsp3) is 0.455. The molecular formula is C11H18N4O4S2. The Morgan fingerprint density at radius 3 is 2.67 bits per heavy atom. The van der Waals surface area contributed by atoms with E-state index < -0.39 is 20.6 Å². The van der Waals surface area contributed by atoms with Crippen molar-refractivity contribution in [1.82, 2.24) is 4.72 Å². The largest absolute Gasteiger partial charge is 0.324 e. The van der Waals surface area contributed by atoms with Crippen LogP contribution in [0.3, 0.4) is 0 Å². The maximum atomic E-state index is 12.2. The molecule has 0 saturated heterocycles. The van der Waals surface area contributed by atoms with E-state index in [-0.39, 0.29) is 23.0 Å². The molecule has 1 aromatic carbocycles. The van der Waals surface area contributed by atoms with Gasteiger partial charge in [-0.1, -0.05) is 6.92 Å². The smallest absolute Gasteiger partial charge is 0.291 e. The highest BCUT2D eigenvalue weighted by atomic mass is 32.2. The lowest BCUT2D eigenvalue weighted by atomic mass is 10.2.